The molecule has 0 aromatic carbocycles. The average Bonchev–Trinajstić information content (AvgIpc) is 3.32. The number of ether oxygens (including phenoxy) is 3. The van der Waals surface area contributed by atoms with Crippen molar-refractivity contribution in [3.05, 3.63) is 158 Å². The van der Waals surface area contributed by atoms with E-state index in [1.54, 1.807) is 0 Å². The lowest BCUT2D eigenvalue weighted by atomic mass is 10.1. The number of hydrogen-bond acceptors (Lipinski definition) is 5. The van der Waals surface area contributed by atoms with Crippen LogP contribution in [0, 0.1) is 0 Å². The second kappa shape index (κ2) is 54.9. The van der Waals surface area contributed by atoms with Gasteiger partial charge in [0.05, 0.1) is 6.61 Å². The highest BCUT2D eigenvalue weighted by molar-refractivity contribution is 5.70. The first-order chi connectivity index (χ1) is 32.6. The Morgan fingerprint density at radius 2 is 0.652 bits per heavy atom. The smallest absolute Gasteiger partial charge is 0.306 e. The van der Waals surface area contributed by atoms with Crippen LogP contribution < -0.4 is 0 Å². The van der Waals surface area contributed by atoms with Gasteiger partial charge in [0.25, 0.3) is 0 Å². The van der Waals surface area contributed by atoms with Gasteiger partial charge in [-0.3, -0.25) is 9.59 Å². The summed E-state index contributed by atoms with van der Waals surface area (Å²) in [6.07, 6.45) is 81.3. The molecule has 0 radical (unpaired) electrons. The third-order valence-corrected chi connectivity index (χ3v) is 10.0. The van der Waals surface area contributed by atoms with Crippen molar-refractivity contribution in [3.8, 4) is 0 Å². The molecule has 368 valence electrons. The molecule has 5 heteroatoms. The molecule has 0 heterocycles. The molecular weight excluding hydrogens is 813 g/mol. The average molecular weight is 907 g/mol. The Labute approximate surface area is 405 Å². The zero-order valence-corrected chi connectivity index (χ0v) is 42.1. The van der Waals surface area contributed by atoms with E-state index in [9.17, 15) is 9.59 Å². The second-order valence-corrected chi connectivity index (χ2v) is 16.3. The molecule has 0 aliphatic heterocycles. The molecule has 0 aliphatic rings. The monoisotopic (exact) mass is 907 g/mol. The lowest BCUT2D eigenvalue weighted by molar-refractivity contribution is -0.162. The number of esters is 2. The van der Waals surface area contributed by atoms with E-state index in [-0.39, 0.29) is 25.2 Å². The lowest BCUT2D eigenvalue weighted by Crippen LogP contribution is -2.30. The molecule has 1 atom stereocenters. The van der Waals surface area contributed by atoms with Gasteiger partial charge in [-0.25, -0.2) is 0 Å². The van der Waals surface area contributed by atoms with Gasteiger partial charge in [-0.05, 0) is 128 Å². The fourth-order valence-corrected chi connectivity index (χ4v) is 6.30. The highest BCUT2D eigenvalue weighted by Crippen LogP contribution is 2.11. The number of rotatable bonds is 45. The molecule has 66 heavy (non-hydrogen) atoms. The van der Waals surface area contributed by atoms with Gasteiger partial charge in [-0.1, -0.05) is 204 Å². The molecule has 0 amide bonds. The molecule has 5 nitrogen and oxygen atoms in total. The van der Waals surface area contributed by atoms with Crippen molar-refractivity contribution in [1.29, 1.82) is 0 Å². The normalized spacial score (nSPS) is 13.6. The van der Waals surface area contributed by atoms with Crippen LogP contribution in [0.5, 0.6) is 0 Å². The van der Waals surface area contributed by atoms with Crippen LogP contribution >= 0.6 is 0 Å². The van der Waals surface area contributed by atoms with Gasteiger partial charge in [0.1, 0.15) is 6.61 Å². The van der Waals surface area contributed by atoms with E-state index < -0.39 is 6.10 Å². The Balaban J connectivity index is 4.50. The largest absolute Gasteiger partial charge is 0.462 e. The molecule has 0 rings (SSSR count). The molecular formula is C61H94O5. The van der Waals surface area contributed by atoms with E-state index in [1.807, 2.05) is 0 Å². The van der Waals surface area contributed by atoms with Crippen molar-refractivity contribution in [2.75, 3.05) is 19.8 Å². The fourth-order valence-electron chi connectivity index (χ4n) is 6.30. The first-order valence-electron chi connectivity index (χ1n) is 26.0. The summed E-state index contributed by atoms with van der Waals surface area (Å²) < 4.78 is 17.3. The molecule has 0 aliphatic carbocycles. The summed E-state index contributed by atoms with van der Waals surface area (Å²) in [5.41, 5.74) is 0. The van der Waals surface area contributed by atoms with Gasteiger partial charge in [-0.15, -0.1) is 0 Å². The van der Waals surface area contributed by atoms with E-state index in [2.05, 4.69) is 179 Å². The van der Waals surface area contributed by atoms with E-state index in [0.717, 1.165) is 128 Å². The number of carbonyl (C=O) groups excluding carboxylic acids is 2. The number of carbonyl (C=O) groups is 2. The van der Waals surface area contributed by atoms with E-state index in [4.69, 9.17) is 14.2 Å². The van der Waals surface area contributed by atoms with Crippen LogP contribution in [0.3, 0.4) is 0 Å². The Bertz CT molecular complexity index is 1490. The number of allylic oxidation sites excluding steroid dienone is 26. The Morgan fingerprint density at radius 3 is 1.06 bits per heavy atom. The fraction of sp³-hybridized carbons (Fsp3) is 0.541. The Kier molecular flexibility index (Phi) is 51.1. The molecule has 0 spiro atoms. The Hall–Kier alpha value is -4.48. The summed E-state index contributed by atoms with van der Waals surface area (Å²) in [5.74, 6) is -0.526. The minimum atomic E-state index is -0.613. The third kappa shape index (κ3) is 52.1. The van der Waals surface area contributed by atoms with Crippen LogP contribution in [0.15, 0.2) is 158 Å². The van der Waals surface area contributed by atoms with Crippen molar-refractivity contribution >= 4 is 11.9 Å². The molecule has 0 N–H and O–H groups in total. The predicted octanol–water partition coefficient (Wildman–Crippen LogP) is 17.9. The molecule has 0 fully saturated rings. The highest BCUT2D eigenvalue weighted by Gasteiger charge is 2.17. The standard InChI is InChI=1S/C61H94O5/c1-4-7-10-13-16-19-22-25-28-30-31-33-34-36-39-42-45-48-51-54-60(62)65-58-59(57-64-56-53-50-47-44-41-38-27-24-21-18-15-12-9-6-3)66-61(63)55-52-49-46-43-40-37-35-32-29-26-23-20-17-14-11-8-5-2/h7-12,16-21,25-29,31,33,35,37-38,43-44,46-47,59H,4-6,13-15,22-24,30,32,34,36,39-42,45,48-58H2,1-3H3/b10-7-,11-8-,12-9-,19-16-,20-17-,21-18-,28-25-,29-26-,33-31-,37-35-,38-27-,46-43-,47-44-. The Morgan fingerprint density at radius 1 is 0.333 bits per heavy atom. The maximum absolute atomic E-state index is 12.8. The molecule has 0 aromatic heterocycles. The first kappa shape index (κ1) is 61.5. The minimum Gasteiger partial charge on any atom is -0.462 e. The molecule has 0 saturated carbocycles. The van der Waals surface area contributed by atoms with Crippen LogP contribution in [0.4, 0.5) is 0 Å². The second-order valence-electron chi connectivity index (χ2n) is 16.3. The summed E-state index contributed by atoms with van der Waals surface area (Å²) in [6.45, 7) is 7.24. The lowest BCUT2D eigenvalue weighted by Gasteiger charge is -2.18. The summed E-state index contributed by atoms with van der Waals surface area (Å²) in [7, 11) is 0. The van der Waals surface area contributed by atoms with Crippen molar-refractivity contribution in [2.45, 2.75) is 194 Å². The van der Waals surface area contributed by atoms with Crippen molar-refractivity contribution in [3.63, 3.8) is 0 Å². The SMILES string of the molecule is CC/C=C\C/C=C\C/C=C\C/C=C\C/C=C\CCCC(=O)OC(COCCC/C=C\C/C=C\C/C=C\C/C=C\CC)COC(=O)CCCCCCCC/C=C\C/C=C\C/C=C\C/C=C\CC. The van der Waals surface area contributed by atoms with Gasteiger partial charge in [-0.2, -0.15) is 0 Å². The zero-order chi connectivity index (χ0) is 47.7. The van der Waals surface area contributed by atoms with Crippen LogP contribution in [0.2, 0.25) is 0 Å². The highest BCUT2D eigenvalue weighted by atomic mass is 16.6. The predicted molar refractivity (Wildman–Crippen MR) is 288 cm³/mol. The van der Waals surface area contributed by atoms with Gasteiger partial charge in [0, 0.05) is 19.4 Å². The zero-order valence-electron chi connectivity index (χ0n) is 42.1. The summed E-state index contributed by atoms with van der Waals surface area (Å²) in [5, 5.41) is 0. The summed E-state index contributed by atoms with van der Waals surface area (Å²) in [4.78, 5) is 25.4. The first-order valence-corrected chi connectivity index (χ1v) is 26.0. The van der Waals surface area contributed by atoms with Gasteiger partial charge in [0.15, 0.2) is 6.10 Å². The van der Waals surface area contributed by atoms with Gasteiger partial charge in [0.2, 0.25) is 0 Å². The van der Waals surface area contributed by atoms with Crippen LogP contribution in [-0.4, -0.2) is 37.9 Å². The minimum absolute atomic E-state index is 0.0213. The quantitative estimate of drug-likeness (QED) is 0.0346. The molecule has 0 saturated heterocycles. The van der Waals surface area contributed by atoms with Crippen molar-refractivity contribution in [1.82, 2.24) is 0 Å². The maximum Gasteiger partial charge on any atom is 0.306 e. The summed E-state index contributed by atoms with van der Waals surface area (Å²) in [6, 6.07) is 0. The van der Waals surface area contributed by atoms with Crippen molar-refractivity contribution < 1.29 is 23.8 Å². The van der Waals surface area contributed by atoms with Crippen LogP contribution in [0.1, 0.15) is 188 Å². The van der Waals surface area contributed by atoms with Crippen LogP contribution in [0.25, 0.3) is 0 Å². The molecule has 1 unspecified atom stereocenters. The third-order valence-electron chi connectivity index (χ3n) is 10.0. The molecule has 0 aromatic rings. The van der Waals surface area contributed by atoms with Crippen molar-refractivity contribution in [2.24, 2.45) is 0 Å². The number of hydrogen-bond donors (Lipinski definition) is 0. The van der Waals surface area contributed by atoms with Crippen LogP contribution in [-0.2, 0) is 23.8 Å². The van der Waals surface area contributed by atoms with E-state index in [1.165, 1.54) is 19.3 Å². The van der Waals surface area contributed by atoms with Gasteiger partial charge < -0.3 is 14.2 Å². The van der Waals surface area contributed by atoms with Gasteiger partial charge >= 0.3 is 11.9 Å². The number of unbranched alkanes of at least 4 members (excludes halogenated alkanes) is 8. The van der Waals surface area contributed by atoms with E-state index in [0.29, 0.717) is 25.9 Å². The van der Waals surface area contributed by atoms with E-state index >= 15 is 0 Å². The maximum atomic E-state index is 12.8. The molecule has 0 bridgehead atoms. The summed E-state index contributed by atoms with van der Waals surface area (Å²) >= 11 is 0. The topological polar surface area (TPSA) is 61.8 Å².